The van der Waals surface area contributed by atoms with E-state index in [0.29, 0.717) is 13.0 Å². The molecule has 1 aromatic heterocycles. The standard InChI is InChI=1S/C22H30N4O2/c27-21-10-4-16-26(21)17-6-13-23-22(25-15-12-20-9-5-18-28-20)24-14-11-19-7-2-1-3-8-19/h1-3,5,7-9,18H,4,6,10-17H2,(H2,23,24,25). The number of benzene rings is 1. The lowest BCUT2D eigenvalue weighted by atomic mass is 10.1. The summed E-state index contributed by atoms with van der Waals surface area (Å²) >= 11 is 0. The highest BCUT2D eigenvalue weighted by molar-refractivity contribution is 5.80. The number of guanidine groups is 1. The molecule has 1 saturated heterocycles. The highest BCUT2D eigenvalue weighted by Gasteiger charge is 2.18. The van der Waals surface area contributed by atoms with Gasteiger partial charge in [0.15, 0.2) is 5.96 Å². The second kappa shape index (κ2) is 11.2. The summed E-state index contributed by atoms with van der Waals surface area (Å²) in [5.41, 5.74) is 1.30. The third-order valence-corrected chi connectivity index (χ3v) is 4.82. The molecule has 0 aliphatic carbocycles. The van der Waals surface area contributed by atoms with E-state index in [1.807, 2.05) is 23.1 Å². The summed E-state index contributed by atoms with van der Waals surface area (Å²) in [5.74, 6) is 2.06. The van der Waals surface area contributed by atoms with Crippen molar-refractivity contribution in [2.45, 2.75) is 32.1 Å². The predicted molar refractivity (Wildman–Crippen MR) is 111 cm³/mol. The maximum atomic E-state index is 11.7. The molecule has 6 nitrogen and oxygen atoms in total. The summed E-state index contributed by atoms with van der Waals surface area (Å²) in [5, 5.41) is 6.79. The van der Waals surface area contributed by atoms with Gasteiger partial charge in [-0.3, -0.25) is 9.79 Å². The van der Waals surface area contributed by atoms with Gasteiger partial charge in [0.2, 0.25) is 5.91 Å². The molecule has 1 fully saturated rings. The lowest BCUT2D eigenvalue weighted by Crippen LogP contribution is -2.39. The predicted octanol–water partition coefficient (Wildman–Crippen LogP) is 2.61. The second-order valence-corrected chi connectivity index (χ2v) is 6.99. The van der Waals surface area contributed by atoms with Crippen molar-refractivity contribution in [3.8, 4) is 0 Å². The first-order chi connectivity index (χ1) is 13.8. The van der Waals surface area contributed by atoms with Crippen molar-refractivity contribution in [3.05, 3.63) is 60.1 Å². The van der Waals surface area contributed by atoms with Gasteiger partial charge in [-0.1, -0.05) is 30.3 Å². The van der Waals surface area contributed by atoms with Crippen molar-refractivity contribution < 1.29 is 9.21 Å². The molecule has 0 unspecified atom stereocenters. The van der Waals surface area contributed by atoms with Crippen LogP contribution in [0.15, 0.2) is 58.1 Å². The van der Waals surface area contributed by atoms with E-state index in [0.717, 1.165) is 63.6 Å². The molecule has 6 heteroatoms. The number of rotatable bonds is 10. The molecule has 0 radical (unpaired) electrons. The zero-order valence-corrected chi connectivity index (χ0v) is 16.4. The molecular formula is C22H30N4O2. The third-order valence-electron chi connectivity index (χ3n) is 4.82. The Bertz CT molecular complexity index is 728. The average molecular weight is 383 g/mol. The molecule has 2 heterocycles. The first-order valence-electron chi connectivity index (χ1n) is 10.2. The second-order valence-electron chi connectivity index (χ2n) is 6.99. The fourth-order valence-corrected chi connectivity index (χ4v) is 3.30. The quantitative estimate of drug-likeness (QED) is 0.376. The number of furan rings is 1. The molecule has 1 aromatic carbocycles. The zero-order valence-electron chi connectivity index (χ0n) is 16.4. The minimum atomic E-state index is 0.279. The van der Waals surface area contributed by atoms with Gasteiger partial charge in [0.05, 0.1) is 6.26 Å². The number of amides is 1. The molecule has 0 bridgehead atoms. The number of hydrogen-bond donors (Lipinski definition) is 2. The van der Waals surface area contributed by atoms with Crippen LogP contribution < -0.4 is 10.6 Å². The first kappa shape index (κ1) is 20.0. The van der Waals surface area contributed by atoms with Gasteiger partial charge in [-0.05, 0) is 37.0 Å². The van der Waals surface area contributed by atoms with Crippen LogP contribution in [-0.2, 0) is 17.6 Å². The zero-order chi connectivity index (χ0) is 19.4. The van der Waals surface area contributed by atoms with Crippen molar-refractivity contribution in [1.82, 2.24) is 15.5 Å². The van der Waals surface area contributed by atoms with Crippen LogP contribution >= 0.6 is 0 Å². The molecule has 150 valence electrons. The number of aliphatic imine (C=N–C) groups is 1. The van der Waals surface area contributed by atoms with Crippen molar-refractivity contribution in [2.24, 2.45) is 4.99 Å². The Kier molecular flexibility index (Phi) is 7.97. The van der Waals surface area contributed by atoms with E-state index < -0.39 is 0 Å². The van der Waals surface area contributed by atoms with E-state index in [9.17, 15) is 4.79 Å². The lowest BCUT2D eigenvalue weighted by molar-refractivity contribution is -0.127. The fraction of sp³-hybridized carbons (Fsp3) is 0.455. The molecule has 3 rings (SSSR count). The van der Waals surface area contributed by atoms with Crippen LogP contribution in [-0.4, -0.2) is 49.5 Å². The molecule has 2 N–H and O–H groups in total. The topological polar surface area (TPSA) is 69.9 Å². The molecule has 0 atom stereocenters. The molecule has 2 aromatic rings. The molecule has 28 heavy (non-hydrogen) atoms. The summed E-state index contributed by atoms with van der Waals surface area (Å²) in [6.45, 7) is 3.97. The third kappa shape index (κ3) is 6.76. The average Bonchev–Trinajstić information content (AvgIpc) is 3.37. The number of carbonyl (C=O) groups excluding carboxylic acids is 1. The number of nitrogens with zero attached hydrogens (tertiary/aromatic N) is 2. The fourth-order valence-electron chi connectivity index (χ4n) is 3.30. The lowest BCUT2D eigenvalue weighted by Gasteiger charge is -2.15. The van der Waals surface area contributed by atoms with Gasteiger partial charge in [-0.25, -0.2) is 0 Å². The number of nitrogens with one attached hydrogen (secondary N) is 2. The van der Waals surface area contributed by atoms with Gasteiger partial charge in [0.25, 0.3) is 0 Å². The summed E-state index contributed by atoms with van der Waals surface area (Å²) in [6, 6.07) is 14.3. The van der Waals surface area contributed by atoms with Gasteiger partial charge >= 0.3 is 0 Å². The number of carbonyl (C=O) groups is 1. The SMILES string of the molecule is O=C1CCCN1CCCN=C(NCCc1ccccc1)NCCc1ccco1. The maximum absolute atomic E-state index is 11.7. The normalized spacial score (nSPS) is 14.5. The summed E-state index contributed by atoms with van der Waals surface area (Å²) in [7, 11) is 0. The van der Waals surface area contributed by atoms with Gasteiger partial charge < -0.3 is 20.0 Å². The van der Waals surface area contributed by atoms with E-state index in [-0.39, 0.29) is 5.91 Å². The first-order valence-corrected chi connectivity index (χ1v) is 10.2. The van der Waals surface area contributed by atoms with Crippen LogP contribution in [0.2, 0.25) is 0 Å². The minimum Gasteiger partial charge on any atom is -0.469 e. The molecule has 1 aliphatic heterocycles. The molecule has 0 saturated carbocycles. The van der Waals surface area contributed by atoms with E-state index >= 15 is 0 Å². The molecule has 0 spiro atoms. The van der Waals surface area contributed by atoms with Crippen LogP contribution in [0.1, 0.15) is 30.6 Å². The number of hydrogen-bond acceptors (Lipinski definition) is 3. The van der Waals surface area contributed by atoms with E-state index in [1.54, 1.807) is 6.26 Å². The van der Waals surface area contributed by atoms with E-state index in [4.69, 9.17) is 4.42 Å². The van der Waals surface area contributed by atoms with E-state index in [2.05, 4.69) is 39.9 Å². The van der Waals surface area contributed by atoms with Crippen LogP contribution in [0.3, 0.4) is 0 Å². The summed E-state index contributed by atoms with van der Waals surface area (Å²) < 4.78 is 5.38. The van der Waals surface area contributed by atoms with Crippen LogP contribution in [0.5, 0.6) is 0 Å². The molecule has 1 aliphatic rings. The summed E-state index contributed by atoms with van der Waals surface area (Å²) in [4.78, 5) is 18.3. The highest BCUT2D eigenvalue weighted by Crippen LogP contribution is 2.09. The van der Waals surface area contributed by atoms with Crippen LogP contribution in [0.25, 0.3) is 0 Å². The Morgan fingerprint density at radius 2 is 1.89 bits per heavy atom. The van der Waals surface area contributed by atoms with Crippen molar-refractivity contribution in [3.63, 3.8) is 0 Å². The Balaban J connectivity index is 1.43. The van der Waals surface area contributed by atoms with Crippen molar-refractivity contribution >= 4 is 11.9 Å². The Morgan fingerprint density at radius 1 is 1.07 bits per heavy atom. The van der Waals surface area contributed by atoms with E-state index in [1.165, 1.54) is 5.56 Å². The van der Waals surface area contributed by atoms with Gasteiger partial charge in [-0.2, -0.15) is 0 Å². The van der Waals surface area contributed by atoms with Gasteiger partial charge in [0, 0.05) is 45.6 Å². The molecular weight excluding hydrogens is 352 g/mol. The number of likely N-dealkylation sites (tertiary alicyclic amines) is 1. The summed E-state index contributed by atoms with van der Waals surface area (Å²) in [6.07, 6.45) is 6.03. The highest BCUT2D eigenvalue weighted by atomic mass is 16.3. The van der Waals surface area contributed by atoms with Crippen LogP contribution in [0.4, 0.5) is 0 Å². The maximum Gasteiger partial charge on any atom is 0.222 e. The monoisotopic (exact) mass is 382 g/mol. The Labute approximate surface area is 167 Å². The van der Waals surface area contributed by atoms with Crippen molar-refractivity contribution in [2.75, 3.05) is 32.7 Å². The van der Waals surface area contributed by atoms with Crippen molar-refractivity contribution in [1.29, 1.82) is 0 Å². The minimum absolute atomic E-state index is 0.279. The molecule has 1 amide bonds. The van der Waals surface area contributed by atoms with Gasteiger partial charge in [0.1, 0.15) is 5.76 Å². The van der Waals surface area contributed by atoms with Gasteiger partial charge in [-0.15, -0.1) is 0 Å². The smallest absolute Gasteiger partial charge is 0.222 e. The Morgan fingerprint density at radius 3 is 2.61 bits per heavy atom. The Hall–Kier alpha value is -2.76. The van der Waals surface area contributed by atoms with Crippen LogP contribution in [0, 0.1) is 0 Å². The largest absolute Gasteiger partial charge is 0.469 e.